The van der Waals surface area contributed by atoms with Crippen LogP contribution in [-0.2, 0) is 19.5 Å². The summed E-state index contributed by atoms with van der Waals surface area (Å²) in [5.74, 6) is 0. The summed E-state index contributed by atoms with van der Waals surface area (Å²) >= 11 is 0. The molecule has 84 valence electrons. The van der Waals surface area contributed by atoms with Crippen molar-refractivity contribution in [2.45, 2.75) is 13.8 Å². The van der Waals surface area contributed by atoms with Gasteiger partial charge in [-0.05, 0) is 0 Å². The van der Waals surface area contributed by atoms with Gasteiger partial charge in [0.2, 0.25) is 0 Å². The Morgan fingerprint density at radius 2 is 0.882 bits per heavy atom. The minimum absolute atomic E-state index is 0. The molecule has 2 aromatic rings. The van der Waals surface area contributed by atoms with E-state index in [0.717, 1.165) is 0 Å². The Bertz CT molecular complexity index is 328. The number of benzene rings is 2. The van der Waals surface area contributed by atoms with Gasteiger partial charge in [0, 0.05) is 0 Å². The van der Waals surface area contributed by atoms with Crippen LogP contribution in [0.2, 0.25) is 0 Å². The second-order valence-corrected chi connectivity index (χ2v) is 3.40. The largest absolute Gasteiger partial charge is 2.00 e. The van der Waals surface area contributed by atoms with E-state index in [0.29, 0.717) is 0 Å². The Kier molecular flexibility index (Phi) is 9.29. The maximum atomic E-state index is 2.08. The fourth-order valence-corrected chi connectivity index (χ4v) is 1.29. The van der Waals surface area contributed by atoms with Crippen LogP contribution in [0.1, 0.15) is 25.0 Å². The molecule has 0 saturated carbocycles. The molecule has 0 nitrogen and oxygen atoms in total. The van der Waals surface area contributed by atoms with Gasteiger partial charge in [-0.1, -0.05) is 26.0 Å². The predicted molar refractivity (Wildman–Crippen MR) is 71.0 cm³/mol. The molecule has 2 aromatic carbocycles. The molecule has 2 rings (SSSR count). The Hall–Kier alpha value is -1.20. The molecular weight excluding hydrogens is 258 g/mol. The molecule has 0 heterocycles. The van der Waals surface area contributed by atoms with Crippen molar-refractivity contribution in [2.24, 2.45) is 0 Å². The molecule has 0 bridgehead atoms. The average Bonchev–Trinajstić information content (AvgIpc) is 2.41. The average molecular weight is 276 g/mol. The first-order chi connectivity index (χ1) is 7.86. The van der Waals surface area contributed by atoms with E-state index in [1.807, 2.05) is 50.2 Å². The van der Waals surface area contributed by atoms with Crippen LogP contribution in [0.4, 0.5) is 0 Å². The van der Waals surface area contributed by atoms with E-state index in [-0.39, 0.29) is 19.5 Å². The molecule has 0 amide bonds. The van der Waals surface area contributed by atoms with Gasteiger partial charge in [-0.2, -0.15) is 48.2 Å². The summed E-state index contributed by atoms with van der Waals surface area (Å²) in [4.78, 5) is 0. The van der Waals surface area contributed by atoms with Crippen molar-refractivity contribution in [3.05, 3.63) is 84.6 Å². The Labute approximate surface area is 118 Å². The van der Waals surface area contributed by atoms with Crippen LogP contribution in [0, 0.1) is 12.8 Å². The smallest absolute Gasteiger partial charge is 0.192 e. The number of rotatable bonds is 2. The molecule has 0 spiro atoms. The van der Waals surface area contributed by atoms with Crippen LogP contribution in [0.3, 0.4) is 0 Å². The third kappa shape index (κ3) is 6.86. The summed E-state index contributed by atoms with van der Waals surface area (Å²) < 4.78 is 0. The van der Waals surface area contributed by atoms with Crippen molar-refractivity contribution in [1.29, 1.82) is 0 Å². The molecule has 0 aliphatic carbocycles. The second kappa shape index (κ2) is 9.99. The molecule has 0 unspecified atom stereocenters. The molecule has 1 heteroatoms. The molecular formula is C16H18Zn. The van der Waals surface area contributed by atoms with Crippen LogP contribution in [0.25, 0.3) is 0 Å². The second-order valence-electron chi connectivity index (χ2n) is 3.40. The van der Waals surface area contributed by atoms with Crippen molar-refractivity contribution in [3.8, 4) is 0 Å². The van der Waals surface area contributed by atoms with Gasteiger partial charge in [0.1, 0.15) is 0 Å². The van der Waals surface area contributed by atoms with E-state index in [9.17, 15) is 0 Å². The summed E-state index contributed by atoms with van der Waals surface area (Å²) in [6, 6.07) is 20.5. The summed E-state index contributed by atoms with van der Waals surface area (Å²) in [5.41, 5.74) is 2.57. The van der Waals surface area contributed by atoms with Gasteiger partial charge in [0.15, 0.2) is 0 Å². The quantitative estimate of drug-likeness (QED) is 0.559. The number of hydrogen-bond acceptors (Lipinski definition) is 0. The molecule has 0 aliphatic rings. The molecule has 0 aliphatic heterocycles. The van der Waals surface area contributed by atoms with Crippen LogP contribution in [0.15, 0.2) is 60.7 Å². The zero-order valence-electron chi connectivity index (χ0n) is 10.6. The van der Waals surface area contributed by atoms with Crippen LogP contribution >= 0.6 is 0 Å². The van der Waals surface area contributed by atoms with Gasteiger partial charge < -0.3 is 0 Å². The first-order valence-corrected chi connectivity index (χ1v) is 5.55. The Morgan fingerprint density at radius 1 is 0.588 bits per heavy atom. The van der Waals surface area contributed by atoms with Gasteiger partial charge in [-0.15, -0.1) is 24.3 Å². The predicted octanol–water partition coefficient (Wildman–Crippen LogP) is 4.52. The molecule has 0 radical (unpaired) electrons. The first-order valence-electron chi connectivity index (χ1n) is 5.55. The van der Waals surface area contributed by atoms with Crippen LogP contribution < -0.4 is 0 Å². The molecule has 0 saturated heterocycles. The summed E-state index contributed by atoms with van der Waals surface area (Å²) in [6.07, 6.45) is 4.17. The maximum absolute atomic E-state index is 2.08. The van der Waals surface area contributed by atoms with Crippen molar-refractivity contribution < 1.29 is 19.5 Å². The fraction of sp³-hybridized carbons (Fsp3) is 0.125. The Balaban J connectivity index is 0.000000284. The minimum Gasteiger partial charge on any atom is -0.192 e. The van der Waals surface area contributed by atoms with Gasteiger partial charge in [-0.25, -0.2) is 0 Å². The van der Waals surface area contributed by atoms with E-state index >= 15 is 0 Å². The molecule has 0 N–H and O–H groups in total. The van der Waals surface area contributed by atoms with Gasteiger partial charge >= 0.3 is 19.5 Å². The molecule has 0 atom stereocenters. The van der Waals surface area contributed by atoms with Gasteiger partial charge in [-0.3, -0.25) is 0 Å². The van der Waals surface area contributed by atoms with Crippen LogP contribution in [0.5, 0.6) is 0 Å². The molecule has 0 aromatic heterocycles. The van der Waals surface area contributed by atoms with Crippen molar-refractivity contribution in [1.82, 2.24) is 0 Å². The standard InChI is InChI=1S/2C8H9.Zn/c2*1-2-8-6-4-3-5-7-8;/h2*2-7H,1H3;/q2*-1;+2. The van der Waals surface area contributed by atoms with Crippen LogP contribution in [-0.4, -0.2) is 0 Å². The summed E-state index contributed by atoms with van der Waals surface area (Å²) in [6.45, 7) is 4.07. The first kappa shape index (κ1) is 15.8. The monoisotopic (exact) mass is 274 g/mol. The SMILES string of the molecule is C[CH-]c1ccccc1.C[CH-]c1ccccc1.[Zn+2]. The summed E-state index contributed by atoms with van der Waals surface area (Å²) in [5, 5.41) is 0. The van der Waals surface area contributed by atoms with Crippen molar-refractivity contribution in [3.63, 3.8) is 0 Å². The van der Waals surface area contributed by atoms with Gasteiger partial charge in [0.05, 0.1) is 0 Å². The fourth-order valence-electron chi connectivity index (χ4n) is 1.29. The topological polar surface area (TPSA) is 0 Å². The molecule has 0 fully saturated rings. The van der Waals surface area contributed by atoms with E-state index in [2.05, 4.69) is 37.1 Å². The van der Waals surface area contributed by atoms with E-state index in [4.69, 9.17) is 0 Å². The number of hydrogen-bond donors (Lipinski definition) is 0. The van der Waals surface area contributed by atoms with E-state index < -0.39 is 0 Å². The Morgan fingerprint density at radius 3 is 1.06 bits per heavy atom. The van der Waals surface area contributed by atoms with E-state index in [1.165, 1.54) is 11.1 Å². The van der Waals surface area contributed by atoms with Crippen molar-refractivity contribution in [2.75, 3.05) is 0 Å². The van der Waals surface area contributed by atoms with Gasteiger partial charge in [0.25, 0.3) is 0 Å². The zero-order valence-corrected chi connectivity index (χ0v) is 13.6. The van der Waals surface area contributed by atoms with E-state index in [1.54, 1.807) is 0 Å². The van der Waals surface area contributed by atoms with Crippen molar-refractivity contribution >= 4 is 0 Å². The zero-order chi connectivity index (χ0) is 11.6. The summed E-state index contributed by atoms with van der Waals surface area (Å²) in [7, 11) is 0. The third-order valence-electron chi connectivity index (χ3n) is 2.27. The minimum atomic E-state index is 0. The maximum Gasteiger partial charge on any atom is 2.00 e. The molecule has 17 heavy (non-hydrogen) atoms. The third-order valence-corrected chi connectivity index (χ3v) is 2.27. The normalized spacial score (nSPS) is 8.12.